The first-order valence-electron chi connectivity index (χ1n) is 11.2. The highest BCUT2D eigenvalue weighted by Crippen LogP contribution is 2.23. The van der Waals surface area contributed by atoms with Gasteiger partial charge in [-0.1, -0.05) is 35.5 Å². The van der Waals surface area contributed by atoms with Crippen LogP contribution in [-0.4, -0.2) is 74.6 Å². The van der Waals surface area contributed by atoms with Gasteiger partial charge in [0.15, 0.2) is 11.5 Å². The van der Waals surface area contributed by atoms with Crippen LogP contribution in [0.25, 0.3) is 11.3 Å². The molecule has 10 nitrogen and oxygen atoms in total. The number of rotatable bonds is 4. The summed E-state index contributed by atoms with van der Waals surface area (Å²) in [5.41, 5.74) is 1.25. The van der Waals surface area contributed by atoms with Crippen LogP contribution >= 0.6 is 0 Å². The zero-order valence-electron chi connectivity index (χ0n) is 20.2. The number of amides is 1. The number of likely N-dealkylation sites (tertiary alicyclic amines) is 1. The number of aliphatic carboxylic acids is 2. The molecular weight excluding hydrogens is 556 g/mol. The third-order valence-electron chi connectivity index (χ3n) is 4.94. The summed E-state index contributed by atoms with van der Waals surface area (Å²) in [6.07, 6.45) is -5.08. The number of halogens is 6. The van der Waals surface area contributed by atoms with Crippen molar-refractivity contribution in [3.8, 4) is 17.1 Å². The first-order valence-corrected chi connectivity index (χ1v) is 11.2. The second-order valence-corrected chi connectivity index (χ2v) is 7.85. The molecule has 0 atom stereocenters. The van der Waals surface area contributed by atoms with Crippen molar-refractivity contribution in [2.45, 2.75) is 31.3 Å². The average molecular weight is 577 g/mol. The second-order valence-electron chi connectivity index (χ2n) is 7.85. The molecule has 40 heavy (non-hydrogen) atoms. The molecule has 0 bridgehead atoms. The number of hydrogen-bond donors (Lipinski definition) is 2. The Bertz CT molecular complexity index is 1220. The highest BCUT2D eigenvalue weighted by Gasteiger charge is 2.38. The number of ether oxygens (including phenoxy) is 1. The molecule has 0 saturated carbocycles. The van der Waals surface area contributed by atoms with Crippen molar-refractivity contribution in [3.63, 3.8) is 0 Å². The number of benzene rings is 1. The second kappa shape index (κ2) is 14.0. The molecule has 0 aliphatic carbocycles. The van der Waals surface area contributed by atoms with Gasteiger partial charge in [-0.05, 0) is 12.1 Å². The van der Waals surface area contributed by atoms with Gasteiger partial charge in [-0.3, -0.25) is 9.78 Å². The van der Waals surface area contributed by atoms with Gasteiger partial charge in [0, 0.05) is 43.8 Å². The van der Waals surface area contributed by atoms with Gasteiger partial charge in [-0.25, -0.2) is 9.59 Å². The Balaban J connectivity index is 0.000000333. The van der Waals surface area contributed by atoms with E-state index < -0.39 is 24.3 Å². The normalized spacial score (nSPS) is 13.7. The quantitative estimate of drug-likeness (QED) is 0.422. The third kappa shape index (κ3) is 10.3. The van der Waals surface area contributed by atoms with Crippen molar-refractivity contribution in [3.05, 3.63) is 66.6 Å². The summed E-state index contributed by atoms with van der Waals surface area (Å²) in [7, 11) is 0. The van der Waals surface area contributed by atoms with Gasteiger partial charge in [0.1, 0.15) is 11.9 Å². The Labute approximate surface area is 221 Å². The maximum atomic E-state index is 12.7. The van der Waals surface area contributed by atoms with Crippen LogP contribution in [-0.2, 0) is 9.59 Å². The van der Waals surface area contributed by atoms with E-state index in [0.717, 1.165) is 24.2 Å². The van der Waals surface area contributed by atoms with Crippen LogP contribution < -0.4 is 4.74 Å². The molecule has 16 heteroatoms. The molecule has 3 aromatic rings. The smallest absolute Gasteiger partial charge is 0.489 e. The maximum Gasteiger partial charge on any atom is 0.490 e. The number of carboxylic acids is 2. The van der Waals surface area contributed by atoms with E-state index in [9.17, 15) is 31.1 Å². The minimum atomic E-state index is -5.08. The summed E-state index contributed by atoms with van der Waals surface area (Å²) in [6.45, 7) is 1.27. The van der Waals surface area contributed by atoms with Crippen LogP contribution in [0.15, 0.2) is 65.4 Å². The lowest BCUT2D eigenvalue weighted by molar-refractivity contribution is -0.193. The zero-order valence-corrected chi connectivity index (χ0v) is 20.2. The van der Waals surface area contributed by atoms with Gasteiger partial charge in [0.2, 0.25) is 0 Å². The number of alkyl halides is 6. The molecule has 2 N–H and O–H groups in total. The van der Waals surface area contributed by atoms with Crippen LogP contribution in [0.1, 0.15) is 23.3 Å². The molecule has 1 saturated heterocycles. The Morgan fingerprint density at radius 2 is 1.45 bits per heavy atom. The average Bonchev–Trinajstić information content (AvgIpc) is 3.40. The van der Waals surface area contributed by atoms with Crippen LogP contribution in [0, 0.1) is 0 Å². The minimum absolute atomic E-state index is 0.0976. The molecule has 0 unspecified atom stereocenters. The molecule has 0 radical (unpaired) electrons. The van der Waals surface area contributed by atoms with E-state index in [1.54, 1.807) is 23.4 Å². The van der Waals surface area contributed by atoms with E-state index in [2.05, 4.69) is 10.1 Å². The lowest BCUT2D eigenvalue weighted by Crippen LogP contribution is -2.41. The van der Waals surface area contributed by atoms with Gasteiger partial charge in [-0.15, -0.1) is 0 Å². The van der Waals surface area contributed by atoms with E-state index in [-0.39, 0.29) is 12.0 Å². The topological polar surface area (TPSA) is 143 Å². The lowest BCUT2D eigenvalue weighted by atomic mass is 10.1. The molecule has 3 heterocycles. The van der Waals surface area contributed by atoms with E-state index >= 15 is 0 Å². The number of nitrogens with zero attached hydrogens (tertiary/aromatic N) is 3. The molecule has 4 rings (SSSR count). The standard InChI is InChI=1S/C20H19N3O3.2C2HF3O2/c24-20(18-13-19(26-22-18)15-5-2-1-3-6-15)23-11-8-16(9-12-23)25-17-7-4-10-21-14-17;2*3-2(4,5)1(6)7/h1-7,10,13-14,16H,8-9,11-12H2;2*(H,6,7). The number of carboxylic acid groups (broad SMARTS) is 2. The summed E-state index contributed by atoms with van der Waals surface area (Å²) in [5.74, 6) is -4.25. The predicted molar refractivity (Wildman–Crippen MR) is 123 cm³/mol. The fourth-order valence-electron chi connectivity index (χ4n) is 3.06. The molecule has 1 amide bonds. The number of piperidine rings is 1. The Morgan fingerprint density at radius 3 is 1.93 bits per heavy atom. The molecule has 2 aromatic heterocycles. The molecule has 1 aliphatic heterocycles. The number of hydrogen-bond acceptors (Lipinski definition) is 7. The summed E-state index contributed by atoms with van der Waals surface area (Å²) < 4.78 is 74.7. The van der Waals surface area contributed by atoms with E-state index in [1.807, 2.05) is 42.5 Å². The largest absolute Gasteiger partial charge is 0.490 e. The van der Waals surface area contributed by atoms with Gasteiger partial charge in [-0.2, -0.15) is 26.3 Å². The summed E-state index contributed by atoms with van der Waals surface area (Å²) in [4.78, 5) is 36.3. The van der Waals surface area contributed by atoms with Crippen LogP contribution in [0.3, 0.4) is 0 Å². The lowest BCUT2D eigenvalue weighted by Gasteiger charge is -2.31. The molecular formula is C24H21F6N3O7. The molecule has 1 aliphatic rings. The number of carbonyl (C=O) groups is 3. The van der Waals surface area contributed by atoms with Gasteiger partial charge < -0.3 is 24.4 Å². The summed E-state index contributed by atoms with van der Waals surface area (Å²) >= 11 is 0. The Morgan fingerprint density at radius 1 is 0.900 bits per heavy atom. The van der Waals surface area contributed by atoms with Crippen LogP contribution in [0.2, 0.25) is 0 Å². The van der Waals surface area contributed by atoms with E-state index in [4.69, 9.17) is 29.1 Å². The van der Waals surface area contributed by atoms with E-state index in [1.165, 1.54) is 0 Å². The van der Waals surface area contributed by atoms with Crippen LogP contribution in [0.5, 0.6) is 5.75 Å². The number of pyridine rings is 1. The molecule has 1 aromatic carbocycles. The third-order valence-corrected chi connectivity index (χ3v) is 4.94. The summed E-state index contributed by atoms with van der Waals surface area (Å²) in [5, 5.41) is 18.2. The van der Waals surface area contributed by atoms with Gasteiger partial charge in [0.05, 0.1) is 6.20 Å². The molecule has 1 fully saturated rings. The first-order chi connectivity index (χ1) is 18.7. The summed E-state index contributed by atoms with van der Waals surface area (Å²) in [6, 6.07) is 15.1. The number of carbonyl (C=O) groups excluding carboxylic acids is 1. The monoisotopic (exact) mass is 577 g/mol. The van der Waals surface area contributed by atoms with Crippen molar-refractivity contribution < 1.29 is 60.2 Å². The fraction of sp³-hybridized carbons (Fsp3) is 0.292. The Kier molecular flexibility index (Phi) is 11.0. The van der Waals surface area contributed by atoms with Crippen molar-refractivity contribution >= 4 is 17.8 Å². The molecule has 0 spiro atoms. The highest BCUT2D eigenvalue weighted by atomic mass is 19.4. The molecule has 216 valence electrons. The maximum absolute atomic E-state index is 12.7. The first kappa shape index (κ1) is 31.6. The predicted octanol–water partition coefficient (Wildman–Crippen LogP) is 4.69. The van der Waals surface area contributed by atoms with Crippen molar-refractivity contribution in [1.82, 2.24) is 15.0 Å². The van der Waals surface area contributed by atoms with Crippen molar-refractivity contribution in [1.29, 1.82) is 0 Å². The van der Waals surface area contributed by atoms with Crippen molar-refractivity contribution in [2.75, 3.05) is 13.1 Å². The SMILES string of the molecule is O=C(O)C(F)(F)F.O=C(O)C(F)(F)F.O=C(c1cc(-c2ccccc2)on1)N1CCC(Oc2cccnc2)CC1. The number of aromatic nitrogens is 2. The van der Waals surface area contributed by atoms with Crippen LogP contribution in [0.4, 0.5) is 26.3 Å². The van der Waals surface area contributed by atoms with Crippen molar-refractivity contribution in [2.24, 2.45) is 0 Å². The van der Waals surface area contributed by atoms with Gasteiger partial charge >= 0.3 is 24.3 Å². The Hall–Kier alpha value is -4.63. The van der Waals surface area contributed by atoms with Gasteiger partial charge in [0.25, 0.3) is 5.91 Å². The fourth-order valence-corrected chi connectivity index (χ4v) is 3.06. The highest BCUT2D eigenvalue weighted by molar-refractivity contribution is 5.93. The minimum Gasteiger partial charge on any atom is -0.489 e. The zero-order chi connectivity index (χ0) is 29.9. The van der Waals surface area contributed by atoms with E-state index in [0.29, 0.717) is 24.5 Å².